The fraction of sp³-hybridized carbons (Fsp3) is 0.438. The van der Waals surface area contributed by atoms with Gasteiger partial charge in [0, 0.05) is 25.0 Å². The van der Waals surface area contributed by atoms with Gasteiger partial charge in [0.05, 0.1) is 12.6 Å². The number of rotatable bonds is 8. The van der Waals surface area contributed by atoms with E-state index in [1.807, 2.05) is 18.3 Å². The maximum Gasteiger partial charge on any atom is 0.0860 e. The predicted octanol–water partition coefficient (Wildman–Crippen LogP) is 1.85. The first kappa shape index (κ1) is 14.8. The van der Waals surface area contributed by atoms with Crippen LogP contribution in [-0.4, -0.2) is 33.6 Å². The van der Waals surface area contributed by atoms with Crippen LogP contribution < -0.4 is 5.32 Å². The van der Waals surface area contributed by atoms with E-state index in [1.54, 1.807) is 10.9 Å². The number of aromatic nitrogens is 2. The summed E-state index contributed by atoms with van der Waals surface area (Å²) in [5, 5.41) is 17.4. The highest BCUT2D eigenvalue weighted by Gasteiger charge is 2.08. The summed E-state index contributed by atoms with van der Waals surface area (Å²) < 4.78 is 1.75. The van der Waals surface area contributed by atoms with Crippen LogP contribution in [0.5, 0.6) is 0 Å². The monoisotopic (exact) mass is 273 g/mol. The molecule has 4 heteroatoms. The molecule has 2 aromatic rings. The normalized spacial score (nSPS) is 14.1. The molecule has 1 aromatic carbocycles. The lowest BCUT2D eigenvalue weighted by Gasteiger charge is -2.17. The summed E-state index contributed by atoms with van der Waals surface area (Å²) in [6.07, 6.45) is 5.31. The van der Waals surface area contributed by atoms with E-state index < -0.39 is 6.10 Å². The van der Waals surface area contributed by atoms with Crippen molar-refractivity contribution in [3.8, 4) is 0 Å². The molecule has 2 rings (SSSR count). The molecule has 1 heterocycles. The summed E-state index contributed by atoms with van der Waals surface area (Å²) in [6.45, 7) is 3.28. The molecule has 2 unspecified atom stereocenters. The van der Waals surface area contributed by atoms with Crippen LogP contribution >= 0.6 is 0 Å². The fourth-order valence-electron chi connectivity index (χ4n) is 2.16. The van der Waals surface area contributed by atoms with Crippen molar-refractivity contribution in [2.24, 2.45) is 0 Å². The first-order valence-corrected chi connectivity index (χ1v) is 7.17. The van der Waals surface area contributed by atoms with Crippen molar-refractivity contribution in [1.82, 2.24) is 15.1 Å². The van der Waals surface area contributed by atoms with Crippen molar-refractivity contribution < 1.29 is 5.11 Å². The number of aryl methyl sites for hydroxylation is 1. The van der Waals surface area contributed by atoms with Crippen molar-refractivity contribution in [3.63, 3.8) is 0 Å². The van der Waals surface area contributed by atoms with Gasteiger partial charge in [-0.15, -0.1) is 0 Å². The molecule has 1 aromatic heterocycles. The smallest absolute Gasteiger partial charge is 0.0860 e. The quantitative estimate of drug-likeness (QED) is 0.772. The van der Waals surface area contributed by atoms with Gasteiger partial charge in [-0.2, -0.15) is 5.10 Å². The van der Waals surface area contributed by atoms with E-state index in [0.29, 0.717) is 19.1 Å². The van der Waals surface area contributed by atoms with Gasteiger partial charge in [0.2, 0.25) is 0 Å². The third kappa shape index (κ3) is 5.15. The molecule has 0 fully saturated rings. The lowest BCUT2D eigenvalue weighted by atomic mass is 10.1. The molecule has 0 radical (unpaired) electrons. The van der Waals surface area contributed by atoms with Crippen molar-refractivity contribution in [2.75, 3.05) is 6.54 Å². The number of aliphatic hydroxyl groups is 1. The maximum absolute atomic E-state index is 9.93. The molecule has 0 saturated heterocycles. The Kier molecular flexibility index (Phi) is 5.77. The Hall–Kier alpha value is -1.65. The average Bonchev–Trinajstić information content (AvgIpc) is 2.97. The van der Waals surface area contributed by atoms with Gasteiger partial charge in [-0.05, 0) is 31.4 Å². The Labute approximate surface area is 120 Å². The molecule has 0 saturated carbocycles. The zero-order chi connectivity index (χ0) is 14.2. The predicted molar refractivity (Wildman–Crippen MR) is 80.5 cm³/mol. The van der Waals surface area contributed by atoms with E-state index in [9.17, 15) is 5.11 Å². The van der Waals surface area contributed by atoms with Crippen LogP contribution in [0, 0.1) is 0 Å². The van der Waals surface area contributed by atoms with Gasteiger partial charge in [0.25, 0.3) is 0 Å². The van der Waals surface area contributed by atoms with Crippen LogP contribution in [0.15, 0.2) is 48.8 Å². The third-order valence-electron chi connectivity index (χ3n) is 3.37. The topological polar surface area (TPSA) is 50.1 Å². The summed E-state index contributed by atoms with van der Waals surface area (Å²) in [5.41, 5.74) is 1.36. The van der Waals surface area contributed by atoms with Gasteiger partial charge < -0.3 is 10.4 Å². The van der Waals surface area contributed by atoms with Crippen LogP contribution in [0.25, 0.3) is 0 Å². The molecule has 0 aliphatic rings. The minimum absolute atomic E-state index is 0.391. The molecule has 20 heavy (non-hydrogen) atoms. The molecule has 2 N–H and O–H groups in total. The first-order chi connectivity index (χ1) is 9.74. The van der Waals surface area contributed by atoms with Crippen LogP contribution in [0.4, 0.5) is 0 Å². The lowest BCUT2D eigenvalue weighted by Crippen LogP contribution is -2.36. The summed E-state index contributed by atoms with van der Waals surface area (Å²) in [5.74, 6) is 0. The molecule has 0 amide bonds. The van der Waals surface area contributed by atoms with Crippen LogP contribution in [0.2, 0.25) is 0 Å². The highest BCUT2D eigenvalue weighted by atomic mass is 16.3. The van der Waals surface area contributed by atoms with Crippen molar-refractivity contribution in [1.29, 1.82) is 0 Å². The van der Waals surface area contributed by atoms with Gasteiger partial charge in [-0.3, -0.25) is 4.68 Å². The Morgan fingerprint density at radius 1 is 1.25 bits per heavy atom. The summed E-state index contributed by atoms with van der Waals surface area (Å²) in [7, 11) is 0. The standard InChI is InChI=1S/C16H23N3O/c1-14(8-9-15-6-3-2-4-7-15)17-12-16(20)13-19-11-5-10-18-19/h2-7,10-11,14,16-17,20H,8-9,12-13H2,1H3. The molecule has 4 nitrogen and oxygen atoms in total. The number of benzene rings is 1. The SMILES string of the molecule is CC(CCc1ccccc1)NCC(O)Cn1cccn1. The minimum Gasteiger partial charge on any atom is -0.390 e. The molecule has 108 valence electrons. The largest absolute Gasteiger partial charge is 0.390 e. The highest BCUT2D eigenvalue weighted by Crippen LogP contribution is 2.04. The average molecular weight is 273 g/mol. The Balaban J connectivity index is 1.63. The summed E-state index contributed by atoms with van der Waals surface area (Å²) >= 11 is 0. The van der Waals surface area contributed by atoms with Crippen molar-refractivity contribution in [3.05, 3.63) is 54.4 Å². The van der Waals surface area contributed by atoms with E-state index in [2.05, 4.69) is 41.6 Å². The fourth-order valence-corrected chi connectivity index (χ4v) is 2.16. The lowest BCUT2D eigenvalue weighted by molar-refractivity contribution is 0.143. The highest BCUT2D eigenvalue weighted by molar-refractivity contribution is 5.14. The number of nitrogens with zero attached hydrogens (tertiary/aromatic N) is 2. The second-order valence-electron chi connectivity index (χ2n) is 5.22. The molecule has 0 aliphatic carbocycles. The molecule has 0 bridgehead atoms. The van der Waals surface area contributed by atoms with E-state index in [-0.39, 0.29) is 0 Å². The van der Waals surface area contributed by atoms with E-state index in [1.165, 1.54) is 5.56 Å². The summed E-state index contributed by atoms with van der Waals surface area (Å²) in [4.78, 5) is 0. The number of hydrogen-bond donors (Lipinski definition) is 2. The maximum atomic E-state index is 9.93. The van der Waals surface area contributed by atoms with Crippen molar-refractivity contribution >= 4 is 0 Å². The van der Waals surface area contributed by atoms with Gasteiger partial charge in [0.1, 0.15) is 0 Å². The molecule has 2 atom stereocenters. The molecular weight excluding hydrogens is 250 g/mol. The second-order valence-corrected chi connectivity index (χ2v) is 5.22. The van der Waals surface area contributed by atoms with Gasteiger partial charge >= 0.3 is 0 Å². The molecular formula is C16H23N3O. The second kappa shape index (κ2) is 7.82. The van der Waals surface area contributed by atoms with Crippen LogP contribution in [-0.2, 0) is 13.0 Å². The first-order valence-electron chi connectivity index (χ1n) is 7.17. The Morgan fingerprint density at radius 2 is 2.05 bits per heavy atom. The zero-order valence-corrected chi connectivity index (χ0v) is 11.9. The third-order valence-corrected chi connectivity index (χ3v) is 3.37. The number of aliphatic hydroxyl groups excluding tert-OH is 1. The van der Waals surface area contributed by atoms with Crippen LogP contribution in [0.1, 0.15) is 18.9 Å². The zero-order valence-electron chi connectivity index (χ0n) is 11.9. The Bertz CT molecular complexity index is 470. The van der Waals surface area contributed by atoms with Gasteiger partial charge in [-0.25, -0.2) is 0 Å². The van der Waals surface area contributed by atoms with E-state index in [0.717, 1.165) is 12.8 Å². The Morgan fingerprint density at radius 3 is 2.75 bits per heavy atom. The van der Waals surface area contributed by atoms with Crippen molar-refractivity contribution in [2.45, 2.75) is 38.5 Å². The molecule has 0 aliphatic heterocycles. The van der Waals surface area contributed by atoms with Gasteiger partial charge in [-0.1, -0.05) is 30.3 Å². The van der Waals surface area contributed by atoms with E-state index >= 15 is 0 Å². The number of nitrogens with one attached hydrogen (secondary N) is 1. The van der Waals surface area contributed by atoms with Gasteiger partial charge in [0.15, 0.2) is 0 Å². The minimum atomic E-state index is -0.408. The van der Waals surface area contributed by atoms with E-state index in [4.69, 9.17) is 0 Å². The van der Waals surface area contributed by atoms with Crippen LogP contribution in [0.3, 0.4) is 0 Å². The number of hydrogen-bond acceptors (Lipinski definition) is 3. The molecule has 0 spiro atoms. The summed E-state index contributed by atoms with van der Waals surface area (Å²) in [6, 6.07) is 12.7.